The molecule has 1 fully saturated rings. The Morgan fingerprint density at radius 3 is 2.50 bits per heavy atom. The molecule has 0 atom stereocenters. The highest BCUT2D eigenvalue weighted by molar-refractivity contribution is 9.10. The van der Waals surface area contributed by atoms with Crippen LogP contribution in [0, 0.1) is 0 Å². The Balaban J connectivity index is 2.11. The molecule has 0 spiro atoms. The van der Waals surface area contributed by atoms with E-state index >= 15 is 0 Å². The first-order valence-electron chi connectivity index (χ1n) is 6.34. The van der Waals surface area contributed by atoms with Crippen LogP contribution in [-0.4, -0.2) is 40.7 Å². The van der Waals surface area contributed by atoms with E-state index in [1.54, 1.807) is 26.8 Å². The lowest BCUT2D eigenvalue weighted by Crippen LogP contribution is -2.46. The fraction of sp³-hybridized carbons (Fsp3) is 0.538. The van der Waals surface area contributed by atoms with E-state index in [1.807, 2.05) is 0 Å². The molecule has 1 aliphatic heterocycles. The highest BCUT2D eigenvalue weighted by Crippen LogP contribution is 2.21. The van der Waals surface area contributed by atoms with E-state index in [4.69, 9.17) is 9.15 Å². The molecule has 2 amide bonds. The summed E-state index contributed by atoms with van der Waals surface area (Å²) in [6.45, 7) is 6.33. The van der Waals surface area contributed by atoms with E-state index < -0.39 is 11.7 Å². The summed E-state index contributed by atoms with van der Waals surface area (Å²) >= 11 is 3.15. The summed E-state index contributed by atoms with van der Waals surface area (Å²) in [4.78, 5) is 24.4. The van der Waals surface area contributed by atoms with Crippen molar-refractivity contribution in [3.63, 3.8) is 0 Å². The van der Waals surface area contributed by atoms with Crippen LogP contribution in [0.15, 0.2) is 21.4 Å². The Morgan fingerprint density at radius 2 is 1.95 bits per heavy atom. The predicted molar refractivity (Wildman–Crippen MR) is 75.0 cm³/mol. The van der Waals surface area contributed by atoms with Gasteiger partial charge in [-0.1, -0.05) is 0 Å². The zero-order valence-corrected chi connectivity index (χ0v) is 13.3. The lowest BCUT2D eigenvalue weighted by Gasteiger charge is -2.30. The van der Waals surface area contributed by atoms with Crippen molar-refractivity contribution in [1.29, 1.82) is 0 Å². The van der Waals surface area contributed by atoms with Gasteiger partial charge in [-0.05, 0) is 43.1 Å². The van der Waals surface area contributed by atoms with Crippen molar-refractivity contribution in [2.75, 3.05) is 13.1 Å². The molecular formula is C13H17BrN2O4. The van der Waals surface area contributed by atoms with Gasteiger partial charge in [0.25, 0.3) is 5.91 Å². The fourth-order valence-electron chi connectivity index (χ4n) is 1.90. The average Bonchev–Trinajstić information content (AvgIpc) is 2.93. The normalized spacial score (nSPS) is 15.6. The van der Waals surface area contributed by atoms with E-state index in [9.17, 15) is 9.59 Å². The van der Waals surface area contributed by atoms with Crippen LogP contribution in [0.3, 0.4) is 0 Å². The van der Waals surface area contributed by atoms with Crippen molar-refractivity contribution in [3.8, 4) is 0 Å². The number of hydrazine groups is 1. The largest absolute Gasteiger partial charge is 0.457 e. The van der Waals surface area contributed by atoms with Crippen LogP contribution in [0.5, 0.6) is 0 Å². The minimum absolute atomic E-state index is 0.275. The van der Waals surface area contributed by atoms with Gasteiger partial charge in [-0.25, -0.2) is 14.8 Å². The van der Waals surface area contributed by atoms with Gasteiger partial charge in [0.2, 0.25) is 0 Å². The molecule has 0 radical (unpaired) electrons. The Labute approximate surface area is 125 Å². The Morgan fingerprint density at radius 1 is 1.30 bits per heavy atom. The molecule has 0 aliphatic carbocycles. The SMILES string of the molecule is CC(C)(C)OC(=O)N1CCCN1C(=O)c1coc(Br)c1. The Kier molecular flexibility index (Phi) is 4.08. The third-order valence-corrected chi connectivity index (χ3v) is 3.10. The number of hydrogen-bond donors (Lipinski definition) is 0. The van der Waals surface area contributed by atoms with Gasteiger partial charge in [0, 0.05) is 19.2 Å². The van der Waals surface area contributed by atoms with Gasteiger partial charge in [0.1, 0.15) is 11.9 Å². The molecule has 0 N–H and O–H groups in total. The van der Waals surface area contributed by atoms with Crippen LogP contribution in [0.4, 0.5) is 4.79 Å². The molecule has 0 unspecified atom stereocenters. The molecule has 6 nitrogen and oxygen atoms in total. The summed E-state index contributed by atoms with van der Waals surface area (Å²) in [5, 5.41) is 2.74. The maximum Gasteiger partial charge on any atom is 0.429 e. The molecule has 0 aromatic carbocycles. The Hall–Kier alpha value is -1.50. The molecular weight excluding hydrogens is 328 g/mol. The zero-order valence-electron chi connectivity index (χ0n) is 11.7. The molecule has 2 heterocycles. The summed E-state index contributed by atoms with van der Waals surface area (Å²) in [5.41, 5.74) is -0.195. The minimum Gasteiger partial charge on any atom is -0.457 e. The number of rotatable bonds is 1. The summed E-state index contributed by atoms with van der Waals surface area (Å²) in [5.74, 6) is -0.275. The second kappa shape index (κ2) is 5.47. The molecule has 1 aromatic rings. The first-order chi connectivity index (χ1) is 9.28. The molecule has 1 saturated heterocycles. The highest BCUT2D eigenvalue weighted by atomic mass is 79.9. The van der Waals surface area contributed by atoms with Crippen molar-refractivity contribution in [3.05, 3.63) is 22.6 Å². The summed E-state index contributed by atoms with van der Waals surface area (Å²) in [6.07, 6.45) is 1.58. The number of ether oxygens (including phenoxy) is 1. The van der Waals surface area contributed by atoms with E-state index in [2.05, 4.69) is 15.9 Å². The topological polar surface area (TPSA) is 63.0 Å². The Bertz CT molecular complexity index is 521. The number of halogens is 1. The second-order valence-electron chi connectivity index (χ2n) is 5.52. The van der Waals surface area contributed by atoms with Gasteiger partial charge in [0.05, 0.1) is 5.56 Å². The third kappa shape index (κ3) is 3.33. The van der Waals surface area contributed by atoms with Crippen molar-refractivity contribution < 1.29 is 18.7 Å². The number of furan rings is 1. The number of nitrogens with zero attached hydrogens (tertiary/aromatic N) is 2. The smallest absolute Gasteiger partial charge is 0.429 e. The van der Waals surface area contributed by atoms with Gasteiger partial charge < -0.3 is 9.15 Å². The van der Waals surface area contributed by atoms with Crippen molar-refractivity contribution in [2.45, 2.75) is 32.8 Å². The molecule has 1 aromatic heterocycles. The van der Waals surface area contributed by atoms with E-state index in [-0.39, 0.29) is 5.91 Å². The molecule has 7 heteroatoms. The van der Waals surface area contributed by atoms with Crippen LogP contribution in [0.1, 0.15) is 37.6 Å². The van der Waals surface area contributed by atoms with Crippen LogP contribution in [0.25, 0.3) is 0 Å². The quantitative estimate of drug-likeness (QED) is 0.785. The molecule has 110 valence electrons. The van der Waals surface area contributed by atoms with Gasteiger partial charge in [0.15, 0.2) is 4.67 Å². The summed E-state index contributed by atoms with van der Waals surface area (Å²) in [7, 11) is 0. The van der Waals surface area contributed by atoms with Crippen LogP contribution in [0.2, 0.25) is 0 Å². The lowest BCUT2D eigenvalue weighted by molar-refractivity contribution is -0.0193. The summed E-state index contributed by atoms with van der Waals surface area (Å²) in [6, 6.07) is 1.58. The van der Waals surface area contributed by atoms with Gasteiger partial charge in [-0.15, -0.1) is 0 Å². The van der Waals surface area contributed by atoms with E-state index in [0.29, 0.717) is 23.3 Å². The van der Waals surface area contributed by atoms with Crippen LogP contribution < -0.4 is 0 Å². The van der Waals surface area contributed by atoms with Crippen LogP contribution >= 0.6 is 15.9 Å². The maximum atomic E-state index is 12.3. The van der Waals surface area contributed by atoms with Gasteiger partial charge >= 0.3 is 6.09 Å². The predicted octanol–water partition coefficient (Wildman–Crippen LogP) is 3.04. The van der Waals surface area contributed by atoms with Crippen molar-refractivity contribution in [1.82, 2.24) is 10.0 Å². The monoisotopic (exact) mass is 344 g/mol. The number of carbonyl (C=O) groups is 2. The molecule has 0 bridgehead atoms. The second-order valence-corrected chi connectivity index (χ2v) is 6.31. The average molecular weight is 345 g/mol. The van der Waals surface area contributed by atoms with E-state index in [1.165, 1.54) is 16.3 Å². The highest BCUT2D eigenvalue weighted by Gasteiger charge is 2.34. The van der Waals surface area contributed by atoms with E-state index in [0.717, 1.165) is 6.42 Å². The van der Waals surface area contributed by atoms with Crippen LogP contribution in [-0.2, 0) is 4.74 Å². The first-order valence-corrected chi connectivity index (χ1v) is 7.13. The van der Waals surface area contributed by atoms with Gasteiger partial charge in [-0.3, -0.25) is 4.79 Å². The molecule has 20 heavy (non-hydrogen) atoms. The maximum absolute atomic E-state index is 12.3. The molecule has 1 aliphatic rings. The van der Waals surface area contributed by atoms with Crippen molar-refractivity contribution in [2.24, 2.45) is 0 Å². The fourth-order valence-corrected chi connectivity index (χ4v) is 2.24. The minimum atomic E-state index is -0.590. The third-order valence-electron chi connectivity index (χ3n) is 2.68. The molecule has 0 saturated carbocycles. The van der Waals surface area contributed by atoms with Crippen molar-refractivity contribution >= 4 is 27.9 Å². The number of amides is 2. The van der Waals surface area contributed by atoms with Gasteiger partial charge in [-0.2, -0.15) is 0 Å². The molecule has 2 rings (SSSR count). The number of carbonyl (C=O) groups excluding carboxylic acids is 2. The lowest BCUT2D eigenvalue weighted by atomic mass is 10.2. The standard InChI is InChI=1S/C13H17BrN2O4/c1-13(2,3)20-12(18)16-6-4-5-15(16)11(17)9-7-10(14)19-8-9/h7-8H,4-6H2,1-3H3. The first kappa shape index (κ1) is 14.9. The number of hydrogen-bond acceptors (Lipinski definition) is 4. The zero-order chi connectivity index (χ0) is 14.9. The summed E-state index contributed by atoms with van der Waals surface area (Å²) < 4.78 is 10.8.